The predicted molar refractivity (Wildman–Crippen MR) is 72.7 cm³/mol. The maximum Gasteiger partial charge on any atom is 0.414 e. The van der Waals surface area contributed by atoms with Gasteiger partial charge in [-0.25, -0.2) is 9.18 Å². The van der Waals surface area contributed by atoms with E-state index in [0.717, 1.165) is 18.4 Å². The highest BCUT2D eigenvalue weighted by molar-refractivity contribution is 5.90. The van der Waals surface area contributed by atoms with Gasteiger partial charge >= 0.3 is 6.09 Å². The number of carbonyl (C=O) groups excluding carboxylic acids is 1. The second-order valence-corrected chi connectivity index (χ2v) is 5.75. The van der Waals surface area contributed by atoms with E-state index in [0.29, 0.717) is 17.9 Å². The minimum Gasteiger partial charge on any atom is -0.443 e. The lowest BCUT2D eigenvalue weighted by Crippen LogP contribution is -2.40. The molecule has 5 heteroatoms. The van der Waals surface area contributed by atoms with Gasteiger partial charge in [-0.1, -0.05) is 0 Å². The largest absolute Gasteiger partial charge is 0.443 e. The minimum atomic E-state index is -0.598. The highest BCUT2D eigenvalue weighted by atomic mass is 19.1. The Balaban J connectivity index is 2.35. The summed E-state index contributed by atoms with van der Waals surface area (Å²) in [5.74, 6) is -0.472. The maximum atomic E-state index is 14.0. The van der Waals surface area contributed by atoms with E-state index in [9.17, 15) is 9.18 Å². The fraction of sp³-hybridized carbons (Fsp3) is 0.500. The molecule has 1 aromatic rings. The molecule has 104 valence electrons. The van der Waals surface area contributed by atoms with Gasteiger partial charge in [-0.3, -0.25) is 4.90 Å². The average Bonchev–Trinajstić information content (AvgIpc) is 2.25. The van der Waals surface area contributed by atoms with Gasteiger partial charge in [0.05, 0.1) is 5.69 Å². The minimum absolute atomic E-state index is 0.301. The molecule has 0 bridgehead atoms. The van der Waals surface area contributed by atoms with E-state index in [4.69, 9.17) is 10.5 Å². The van der Waals surface area contributed by atoms with Crippen LogP contribution in [0.5, 0.6) is 0 Å². The third kappa shape index (κ3) is 2.97. The van der Waals surface area contributed by atoms with Crippen molar-refractivity contribution in [2.75, 3.05) is 17.2 Å². The van der Waals surface area contributed by atoms with Crippen LogP contribution in [0.25, 0.3) is 0 Å². The molecule has 1 aromatic carbocycles. The van der Waals surface area contributed by atoms with E-state index in [2.05, 4.69) is 0 Å². The SMILES string of the molecule is CC(C)(C)OC(=O)N1CCCc2cc(N)cc(F)c21. The summed E-state index contributed by atoms with van der Waals surface area (Å²) in [6, 6.07) is 2.95. The highest BCUT2D eigenvalue weighted by Gasteiger charge is 2.29. The number of nitrogens with two attached hydrogens (primary N) is 1. The topological polar surface area (TPSA) is 55.6 Å². The number of aryl methyl sites for hydroxylation is 1. The van der Waals surface area contributed by atoms with Crippen molar-refractivity contribution in [3.05, 3.63) is 23.5 Å². The molecule has 0 radical (unpaired) electrons. The zero-order valence-electron chi connectivity index (χ0n) is 11.5. The van der Waals surface area contributed by atoms with Crippen LogP contribution in [0.4, 0.5) is 20.6 Å². The molecule has 0 fully saturated rings. The molecule has 0 aliphatic carbocycles. The van der Waals surface area contributed by atoms with Crippen molar-refractivity contribution in [1.29, 1.82) is 0 Å². The molecule has 1 amide bonds. The molecule has 19 heavy (non-hydrogen) atoms. The first kappa shape index (κ1) is 13.6. The Bertz CT molecular complexity index is 509. The number of hydrogen-bond acceptors (Lipinski definition) is 3. The van der Waals surface area contributed by atoms with Crippen LogP contribution in [0.15, 0.2) is 12.1 Å². The molecule has 0 spiro atoms. The number of nitrogens with zero attached hydrogens (tertiary/aromatic N) is 1. The van der Waals surface area contributed by atoms with E-state index in [1.54, 1.807) is 26.8 Å². The third-order valence-electron chi connectivity index (χ3n) is 2.88. The third-order valence-corrected chi connectivity index (χ3v) is 2.88. The van der Waals surface area contributed by atoms with Gasteiger partial charge in [0.15, 0.2) is 0 Å². The first-order chi connectivity index (χ1) is 8.78. The Kier molecular flexibility index (Phi) is 3.39. The molecule has 0 atom stereocenters. The summed E-state index contributed by atoms with van der Waals surface area (Å²) in [4.78, 5) is 13.5. The van der Waals surface area contributed by atoms with Crippen LogP contribution in [-0.4, -0.2) is 18.2 Å². The van der Waals surface area contributed by atoms with Crippen LogP contribution < -0.4 is 10.6 Å². The quantitative estimate of drug-likeness (QED) is 0.734. The van der Waals surface area contributed by atoms with Crippen molar-refractivity contribution in [3.63, 3.8) is 0 Å². The van der Waals surface area contributed by atoms with E-state index in [1.165, 1.54) is 11.0 Å². The van der Waals surface area contributed by atoms with Gasteiger partial charge in [-0.05, 0) is 51.3 Å². The number of fused-ring (bicyclic) bond motifs is 1. The zero-order chi connectivity index (χ0) is 14.2. The van der Waals surface area contributed by atoms with Crippen LogP contribution in [-0.2, 0) is 11.2 Å². The number of amides is 1. The van der Waals surface area contributed by atoms with Crippen LogP contribution in [0.1, 0.15) is 32.8 Å². The molecule has 2 N–H and O–H groups in total. The predicted octanol–water partition coefficient (Wildman–Crippen LogP) is 3.10. The zero-order valence-corrected chi connectivity index (χ0v) is 11.5. The maximum absolute atomic E-state index is 14.0. The number of nitrogen functional groups attached to an aromatic ring is 1. The molecular weight excluding hydrogens is 247 g/mol. The molecule has 0 aromatic heterocycles. The number of hydrogen-bond donors (Lipinski definition) is 1. The fourth-order valence-corrected chi connectivity index (χ4v) is 2.21. The average molecular weight is 266 g/mol. The first-order valence-electron chi connectivity index (χ1n) is 6.36. The van der Waals surface area contributed by atoms with Gasteiger partial charge in [0.25, 0.3) is 0 Å². The van der Waals surface area contributed by atoms with Crippen LogP contribution in [0, 0.1) is 5.82 Å². The number of rotatable bonds is 0. The van der Waals surface area contributed by atoms with Gasteiger partial charge in [0.2, 0.25) is 0 Å². The van der Waals surface area contributed by atoms with Crippen molar-refractivity contribution >= 4 is 17.5 Å². The van der Waals surface area contributed by atoms with Crippen molar-refractivity contribution in [1.82, 2.24) is 0 Å². The number of benzene rings is 1. The smallest absolute Gasteiger partial charge is 0.414 e. The van der Waals surface area contributed by atoms with Crippen molar-refractivity contribution in [2.45, 2.75) is 39.2 Å². The Morgan fingerprint density at radius 2 is 2.11 bits per heavy atom. The molecule has 2 rings (SSSR count). The van der Waals surface area contributed by atoms with E-state index in [1.807, 2.05) is 0 Å². The summed E-state index contributed by atoms with van der Waals surface area (Å²) in [5.41, 5.74) is 6.47. The molecule has 0 unspecified atom stereocenters. The lowest BCUT2D eigenvalue weighted by Gasteiger charge is -2.32. The molecule has 0 saturated carbocycles. The van der Waals surface area contributed by atoms with Gasteiger partial charge in [0.1, 0.15) is 11.4 Å². The molecule has 4 nitrogen and oxygen atoms in total. The van der Waals surface area contributed by atoms with E-state index < -0.39 is 17.5 Å². The summed E-state index contributed by atoms with van der Waals surface area (Å²) in [5, 5.41) is 0. The Morgan fingerprint density at radius 1 is 1.42 bits per heavy atom. The monoisotopic (exact) mass is 266 g/mol. The number of ether oxygens (including phenoxy) is 1. The van der Waals surface area contributed by atoms with Gasteiger partial charge in [-0.15, -0.1) is 0 Å². The summed E-state index contributed by atoms with van der Waals surface area (Å²) in [6.45, 7) is 5.82. The first-order valence-corrected chi connectivity index (χ1v) is 6.36. The second-order valence-electron chi connectivity index (χ2n) is 5.75. The summed E-state index contributed by atoms with van der Waals surface area (Å²) in [6.07, 6.45) is 0.975. The fourth-order valence-electron chi connectivity index (χ4n) is 2.21. The molecule has 0 saturated heterocycles. The number of anilines is 2. The molecule has 1 aliphatic heterocycles. The van der Waals surface area contributed by atoms with E-state index in [-0.39, 0.29) is 0 Å². The normalized spacial score (nSPS) is 15.1. The number of carbonyl (C=O) groups is 1. The Hall–Kier alpha value is -1.78. The lowest BCUT2D eigenvalue weighted by molar-refractivity contribution is 0.0576. The lowest BCUT2D eigenvalue weighted by atomic mass is 10.0. The molecular formula is C14H19FN2O2. The second kappa shape index (κ2) is 4.72. The number of halogens is 1. The van der Waals surface area contributed by atoms with Crippen LogP contribution in [0.3, 0.4) is 0 Å². The Labute approximate surface area is 112 Å². The van der Waals surface area contributed by atoms with Crippen LogP contribution >= 0.6 is 0 Å². The highest BCUT2D eigenvalue weighted by Crippen LogP contribution is 2.33. The summed E-state index contributed by atoms with van der Waals surface area (Å²) >= 11 is 0. The summed E-state index contributed by atoms with van der Waals surface area (Å²) in [7, 11) is 0. The van der Waals surface area contributed by atoms with Gasteiger partial charge < -0.3 is 10.5 Å². The molecule has 1 aliphatic rings. The van der Waals surface area contributed by atoms with Gasteiger partial charge in [0, 0.05) is 12.2 Å². The van der Waals surface area contributed by atoms with E-state index >= 15 is 0 Å². The van der Waals surface area contributed by atoms with Crippen LogP contribution in [0.2, 0.25) is 0 Å². The van der Waals surface area contributed by atoms with Crippen molar-refractivity contribution in [2.24, 2.45) is 0 Å². The standard InChI is InChI=1S/C14H19FN2O2/c1-14(2,3)19-13(18)17-6-4-5-9-7-10(16)8-11(15)12(9)17/h7-8H,4-6,16H2,1-3H3. The molecule has 1 heterocycles. The van der Waals surface area contributed by atoms with Crippen molar-refractivity contribution in [3.8, 4) is 0 Å². The summed E-state index contributed by atoms with van der Waals surface area (Å²) < 4.78 is 19.4. The van der Waals surface area contributed by atoms with Gasteiger partial charge in [-0.2, -0.15) is 0 Å². The van der Waals surface area contributed by atoms with Crippen molar-refractivity contribution < 1.29 is 13.9 Å². The Morgan fingerprint density at radius 3 is 2.74 bits per heavy atom.